The van der Waals surface area contributed by atoms with E-state index >= 15 is 0 Å². The van der Waals surface area contributed by atoms with E-state index in [-0.39, 0.29) is 18.9 Å². The van der Waals surface area contributed by atoms with Crippen LogP contribution in [0.15, 0.2) is 53.6 Å². The topological polar surface area (TPSA) is 74.5 Å². The molecule has 0 atom stereocenters. The average molecular weight is 321 g/mol. The summed E-state index contributed by atoms with van der Waals surface area (Å²) < 4.78 is 5.30. The Kier molecular flexibility index (Phi) is 6.54. The Morgan fingerprint density at radius 3 is 2.62 bits per heavy atom. The smallest absolute Gasteiger partial charge is 0.244 e. The van der Waals surface area contributed by atoms with E-state index in [0.717, 1.165) is 12.0 Å². The first kappa shape index (κ1) is 17.2. The SMILES string of the molecule is CCc1ccc(CC(=O)N/N=C/c2ccccc2OCC#N)cc1. The fourth-order valence-corrected chi connectivity index (χ4v) is 2.12. The van der Waals surface area contributed by atoms with Gasteiger partial charge in [-0.25, -0.2) is 5.43 Å². The molecule has 1 N–H and O–H groups in total. The summed E-state index contributed by atoms with van der Waals surface area (Å²) in [6, 6.07) is 17.0. The summed E-state index contributed by atoms with van der Waals surface area (Å²) in [7, 11) is 0. The zero-order chi connectivity index (χ0) is 17.2. The van der Waals surface area contributed by atoms with E-state index in [0.29, 0.717) is 11.3 Å². The lowest BCUT2D eigenvalue weighted by atomic mass is 10.1. The van der Waals surface area contributed by atoms with Crippen molar-refractivity contribution >= 4 is 12.1 Å². The number of carbonyl (C=O) groups excluding carboxylic acids is 1. The second-order valence-electron chi connectivity index (χ2n) is 5.12. The summed E-state index contributed by atoms with van der Waals surface area (Å²) in [4.78, 5) is 11.9. The third kappa shape index (κ3) is 5.25. The summed E-state index contributed by atoms with van der Waals surface area (Å²) in [5.41, 5.74) is 5.38. The number of benzene rings is 2. The van der Waals surface area contributed by atoms with Crippen LogP contribution in [0.4, 0.5) is 0 Å². The van der Waals surface area contributed by atoms with Gasteiger partial charge in [-0.2, -0.15) is 10.4 Å². The molecular weight excluding hydrogens is 302 g/mol. The zero-order valence-electron chi connectivity index (χ0n) is 13.5. The van der Waals surface area contributed by atoms with Gasteiger partial charge in [0.15, 0.2) is 6.61 Å². The molecule has 0 aliphatic heterocycles. The van der Waals surface area contributed by atoms with Gasteiger partial charge in [-0.3, -0.25) is 4.79 Å². The fourth-order valence-electron chi connectivity index (χ4n) is 2.12. The van der Waals surface area contributed by atoms with Crippen LogP contribution in [0.5, 0.6) is 5.75 Å². The summed E-state index contributed by atoms with van der Waals surface area (Å²) in [6.45, 7) is 2.06. The van der Waals surface area contributed by atoms with Crippen molar-refractivity contribution in [2.45, 2.75) is 19.8 Å². The highest BCUT2D eigenvalue weighted by Crippen LogP contribution is 2.15. The van der Waals surface area contributed by atoms with Crippen LogP contribution in [0.3, 0.4) is 0 Å². The van der Waals surface area contributed by atoms with Crippen molar-refractivity contribution in [3.8, 4) is 11.8 Å². The van der Waals surface area contributed by atoms with Gasteiger partial charge in [-0.1, -0.05) is 43.3 Å². The number of rotatable bonds is 7. The number of hydrazone groups is 1. The number of aryl methyl sites for hydroxylation is 1. The lowest BCUT2D eigenvalue weighted by molar-refractivity contribution is -0.120. The van der Waals surface area contributed by atoms with E-state index in [2.05, 4.69) is 17.5 Å². The van der Waals surface area contributed by atoms with Gasteiger partial charge < -0.3 is 4.74 Å². The molecule has 0 saturated carbocycles. The van der Waals surface area contributed by atoms with Crippen LogP contribution in [0.1, 0.15) is 23.6 Å². The standard InChI is InChI=1S/C19H19N3O2/c1-2-15-7-9-16(10-8-15)13-19(23)22-21-14-17-5-3-4-6-18(17)24-12-11-20/h3-10,14H,2,12-13H2,1H3,(H,22,23)/b21-14+. The van der Waals surface area contributed by atoms with Crippen molar-refractivity contribution < 1.29 is 9.53 Å². The van der Waals surface area contributed by atoms with Crippen molar-refractivity contribution in [2.24, 2.45) is 5.10 Å². The maximum absolute atomic E-state index is 11.9. The Morgan fingerprint density at radius 2 is 1.92 bits per heavy atom. The van der Waals surface area contributed by atoms with Crippen molar-refractivity contribution in [3.05, 3.63) is 65.2 Å². The number of nitrogens with one attached hydrogen (secondary N) is 1. The molecular formula is C19H19N3O2. The van der Waals surface area contributed by atoms with Crippen molar-refractivity contribution in [3.63, 3.8) is 0 Å². The highest BCUT2D eigenvalue weighted by molar-refractivity contribution is 5.85. The van der Waals surface area contributed by atoms with Gasteiger partial charge in [0.1, 0.15) is 11.8 Å². The predicted octanol–water partition coefficient (Wildman–Crippen LogP) is 2.84. The van der Waals surface area contributed by atoms with Crippen molar-refractivity contribution in [2.75, 3.05) is 6.61 Å². The number of carbonyl (C=O) groups is 1. The van der Waals surface area contributed by atoms with E-state index in [4.69, 9.17) is 10.00 Å². The van der Waals surface area contributed by atoms with Gasteiger partial charge in [-0.05, 0) is 29.7 Å². The Labute approximate surface area is 141 Å². The molecule has 0 radical (unpaired) electrons. The molecule has 0 aromatic heterocycles. The highest BCUT2D eigenvalue weighted by atomic mass is 16.5. The molecule has 24 heavy (non-hydrogen) atoms. The number of ether oxygens (including phenoxy) is 1. The van der Waals surface area contributed by atoms with Gasteiger partial charge in [0.2, 0.25) is 5.91 Å². The van der Waals surface area contributed by atoms with E-state index in [1.807, 2.05) is 42.5 Å². The third-order valence-corrected chi connectivity index (χ3v) is 3.40. The molecule has 1 amide bonds. The Hall–Kier alpha value is -3.13. The first-order valence-electron chi connectivity index (χ1n) is 7.71. The van der Waals surface area contributed by atoms with Gasteiger partial charge in [0.05, 0.1) is 12.6 Å². The quantitative estimate of drug-likeness (QED) is 0.629. The van der Waals surface area contributed by atoms with E-state index in [1.54, 1.807) is 12.1 Å². The van der Waals surface area contributed by atoms with Crippen LogP contribution in [-0.4, -0.2) is 18.7 Å². The molecule has 0 heterocycles. The van der Waals surface area contributed by atoms with Crippen molar-refractivity contribution in [1.82, 2.24) is 5.43 Å². The average Bonchev–Trinajstić information content (AvgIpc) is 2.61. The van der Waals surface area contributed by atoms with Crippen LogP contribution in [0.25, 0.3) is 0 Å². The van der Waals surface area contributed by atoms with Gasteiger partial charge in [-0.15, -0.1) is 0 Å². The fraction of sp³-hybridized carbons (Fsp3) is 0.211. The van der Waals surface area contributed by atoms with Gasteiger partial charge in [0, 0.05) is 5.56 Å². The lowest BCUT2D eigenvalue weighted by Gasteiger charge is -2.05. The number of para-hydroxylation sites is 1. The van der Waals surface area contributed by atoms with Gasteiger partial charge >= 0.3 is 0 Å². The Balaban J connectivity index is 1.91. The van der Waals surface area contributed by atoms with Crippen LogP contribution in [-0.2, 0) is 17.6 Å². The molecule has 2 aromatic carbocycles. The second-order valence-corrected chi connectivity index (χ2v) is 5.12. The normalized spacial score (nSPS) is 10.3. The van der Waals surface area contributed by atoms with Crippen LogP contribution in [0.2, 0.25) is 0 Å². The van der Waals surface area contributed by atoms with Crippen LogP contribution in [0, 0.1) is 11.3 Å². The Morgan fingerprint density at radius 1 is 1.21 bits per heavy atom. The number of hydrogen-bond acceptors (Lipinski definition) is 4. The van der Waals surface area contributed by atoms with Crippen LogP contribution >= 0.6 is 0 Å². The summed E-state index contributed by atoms with van der Waals surface area (Å²) in [6.07, 6.45) is 2.75. The monoisotopic (exact) mass is 321 g/mol. The summed E-state index contributed by atoms with van der Waals surface area (Å²) >= 11 is 0. The third-order valence-electron chi connectivity index (χ3n) is 3.40. The van der Waals surface area contributed by atoms with Gasteiger partial charge in [0.25, 0.3) is 0 Å². The minimum atomic E-state index is -0.189. The Bertz CT molecular complexity index is 746. The summed E-state index contributed by atoms with van der Waals surface area (Å²) in [5, 5.41) is 12.5. The van der Waals surface area contributed by atoms with E-state index in [1.165, 1.54) is 11.8 Å². The number of hydrogen-bond donors (Lipinski definition) is 1. The second kappa shape index (κ2) is 9.11. The molecule has 2 aromatic rings. The molecule has 2 rings (SSSR count). The zero-order valence-corrected chi connectivity index (χ0v) is 13.5. The first-order chi connectivity index (χ1) is 11.7. The van der Waals surface area contributed by atoms with Crippen molar-refractivity contribution in [1.29, 1.82) is 5.26 Å². The molecule has 0 aliphatic carbocycles. The molecule has 5 heteroatoms. The largest absolute Gasteiger partial charge is 0.478 e. The summed E-state index contributed by atoms with van der Waals surface area (Å²) in [5.74, 6) is 0.359. The maximum Gasteiger partial charge on any atom is 0.244 e. The highest BCUT2D eigenvalue weighted by Gasteiger charge is 2.03. The minimum absolute atomic E-state index is 0.0367. The molecule has 0 fully saturated rings. The molecule has 5 nitrogen and oxygen atoms in total. The van der Waals surface area contributed by atoms with E-state index < -0.39 is 0 Å². The van der Waals surface area contributed by atoms with E-state index in [9.17, 15) is 4.79 Å². The predicted molar refractivity (Wildman–Crippen MR) is 92.8 cm³/mol. The number of nitriles is 1. The molecule has 122 valence electrons. The number of nitrogens with zero attached hydrogens (tertiary/aromatic N) is 2. The molecule has 0 bridgehead atoms. The first-order valence-corrected chi connectivity index (χ1v) is 7.71. The molecule has 0 spiro atoms. The lowest BCUT2D eigenvalue weighted by Crippen LogP contribution is -2.19. The molecule has 0 unspecified atom stereocenters. The minimum Gasteiger partial charge on any atom is -0.478 e. The number of amides is 1. The molecule has 0 saturated heterocycles. The van der Waals surface area contributed by atoms with Crippen LogP contribution < -0.4 is 10.2 Å². The maximum atomic E-state index is 11.9. The molecule has 0 aliphatic rings.